The van der Waals surface area contributed by atoms with E-state index in [9.17, 15) is 9.59 Å². The van der Waals surface area contributed by atoms with Crippen molar-refractivity contribution in [1.29, 1.82) is 0 Å². The number of Topliss-reactive ketones (excluding diaryl/α,β-unsaturated/α-hetero) is 1. The second-order valence-corrected chi connectivity index (χ2v) is 4.03. The smallest absolute Gasteiger partial charge is 0.319 e. The van der Waals surface area contributed by atoms with E-state index in [1.165, 1.54) is 6.92 Å². The summed E-state index contributed by atoms with van der Waals surface area (Å²) < 4.78 is 0. The van der Waals surface area contributed by atoms with Crippen LogP contribution in [0.15, 0.2) is 36.5 Å². The molecule has 0 radical (unpaired) electrons. The molecule has 0 atom stereocenters. The second kappa shape index (κ2) is 5.81. The van der Waals surface area contributed by atoms with Crippen molar-refractivity contribution in [1.82, 2.24) is 15.5 Å². The molecule has 1 aromatic heterocycles. The Labute approximate surface area is 110 Å². The second-order valence-electron chi connectivity index (χ2n) is 4.03. The molecule has 0 unspecified atom stereocenters. The lowest BCUT2D eigenvalue weighted by Gasteiger charge is -2.07. The molecule has 19 heavy (non-hydrogen) atoms. The maximum Gasteiger partial charge on any atom is 0.319 e. The van der Waals surface area contributed by atoms with Crippen LogP contribution in [0.25, 0.3) is 0 Å². The van der Waals surface area contributed by atoms with Crippen LogP contribution < -0.4 is 10.6 Å². The Morgan fingerprint density at radius 2 is 2.16 bits per heavy atom. The van der Waals surface area contributed by atoms with Gasteiger partial charge in [0.15, 0.2) is 5.78 Å². The third-order valence-corrected chi connectivity index (χ3v) is 2.52. The lowest BCUT2D eigenvalue weighted by molar-refractivity contribution is 0.101. The van der Waals surface area contributed by atoms with Gasteiger partial charge in [-0.1, -0.05) is 12.1 Å². The fourth-order valence-corrected chi connectivity index (χ4v) is 1.55. The average Bonchev–Trinajstić information content (AvgIpc) is 2.90. The van der Waals surface area contributed by atoms with Crippen LogP contribution in [0.1, 0.15) is 23.0 Å². The SMILES string of the molecule is CC(=O)c1cccc(NC(=O)NCc2ccn[nH]2)c1. The standard InChI is InChI=1S/C13H14N4O2/c1-9(18)10-3-2-4-11(7-10)16-13(19)14-8-12-5-6-15-17-12/h2-7H,8H2,1H3,(H,15,17)(H2,14,16,19). The quantitative estimate of drug-likeness (QED) is 0.732. The van der Waals surface area contributed by atoms with E-state index >= 15 is 0 Å². The molecule has 0 bridgehead atoms. The Morgan fingerprint density at radius 3 is 2.84 bits per heavy atom. The molecule has 6 heteroatoms. The van der Waals surface area contributed by atoms with Gasteiger partial charge in [-0.2, -0.15) is 5.10 Å². The molecular formula is C13H14N4O2. The van der Waals surface area contributed by atoms with Crippen molar-refractivity contribution in [3.05, 3.63) is 47.8 Å². The molecule has 3 N–H and O–H groups in total. The molecule has 2 rings (SSSR count). The Balaban J connectivity index is 1.91. The molecule has 0 spiro atoms. The zero-order chi connectivity index (χ0) is 13.7. The number of H-pyrrole nitrogens is 1. The highest BCUT2D eigenvalue weighted by Gasteiger charge is 2.04. The number of hydrogen-bond donors (Lipinski definition) is 3. The zero-order valence-corrected chi connectivity index (χ0v) is 10.4. The summed E-state index contributed by atoms with van der Waals surface area (Å²) in [5.41, 5.74) is 1.95. The van der Waals surface area contributed by atoms with Gasteiger partial charge < -0.3 is 10.6 Å². The van der Waals surface area contributed by atoms with E-state index < -0.39 is 0 Å². The zero-order valence-electron chi connectivity index (χ0n) is 10.4. The number of amides is 2. The van der Waals surface area contributed by atoms with E-state index in [0.717, 1.165) is 5.69 Å². The van der Waals surface area contributed by atoms with Gasteiger partial charge in [0, 0.05) is 17.4 Å². The van der Waals surface area contributed by atoms with Crippen LogP contribution >= 0.6 is 0 Å². The van der Waals surface area contributed by atoms with Gasteiger partial charge in [-0.05, 0) is 25.1 Å². The Bertz CT molecular complexity index is 578. The fraction of sp³-hybridized carbons (Fsp3) is 0.154. The monoisotopic (exact) mass is 258 g/mol. The van der Waals surface area contributed by atoms with Crippen molar-refractivity contribution in [2.75, 3.05) is 5.32 Å². The summed E-state index contributed by atoms with van der Waals surface area (Å²) in [7, 11) is 0. The predicted octanol–water partition coefficient (Wildman–Crippen LogP) is 1.93. The summed E-state index contributed by atoms with van der Waals surface area (Å²) in [6.07, 6.45) is 1.62. The molecule has 1 heterocycles. The van der Waals surface area contributed by atoms with Crippen LogP contribution in [0, 0.1) is 0 Å². The molecule has 0 saturated carbocycles. The number of aromatic nitrogens is 2. The summed E-state index contributed by atoms with van der Waals surface area (Å²) in [4.78, 5) is 22.9. The number of ketones is 1. The highest BCUT2D eigenvalue weighted by Crippen LogP contribution is 2.10. The van der Waals surface area contributed by atoms with Gasteiger partial charge in [-0.25, -0.2) is 4.79 Å². The number of nitrogens with zero attached hydrogens (tertiary/aromatic N) is 1. The molecule has 6 nitrogen and oxygen atoms in total. The number of carbonyl (C=O) groups excluding carboxylic acids is 2. The minimum Gasteiger partial charge on any atom is -0.332 e. The van der Waals surface area contributed by atoms with E-state index in [1.807, 2.05) is 0 Å². The van der Waals surface area contributed by atoms with Crippen LogP contribution in [0.3, 0.4) is 0 Å². The van der Waals surface area contributed by atoms with Crippen molar-refractivity contribution in [3.8, 4) is 0 Å². The van der Waals surface area contributed by atoms with Gasteiger partial charge in [0.05, 0.1) is 12.2 Å². The first kappa shape index (κ1) is 12.8. The van der Waals surface area contributed by atoms with Crippen LogP contribution in [0.5, 0.6) is 0 Å². The minimum atomic E-state index is -0.338. The molecule has 0 saturated heterocycles. The number of aromatic amines is 1. The third kappa shape index (κ3) is 3.67. The van der Waals surface area contributed by atoms with Crippen LogP contribution in [-0.4, -0.2) is 22.0 Å². The van der Waals surface area contributed by atoms with Crippen molar-refractivity contribution in [3.63, 3.8) is 0 Å². The normalized spacial score (nSPS) is 9.95. The van der Waals surface area contributed by atoms with Crippen molar-refractivity contribution < 1.29 is 9.59 Å². The first-order valence-electron chi connectivity index (χ1n) is 5.79. The number of urea groups is 1. The van der Waals surface area contributed by atoms with Crippen LogP contribution in [0.4, 0.5) is 10.5 Å². The lowest BCUT2D eigenvalue weighted by Crippen LogP contribution is -2.28. The molecule has 0 aliphatic rings. The highest BCUT2D eigenvalue weighted by molar-refractivity contribution is 5.96. The molecule has 98 valence electrons. The highest BCUT2D eigenvalue weighted by atomic mass is 16.2. The van der Waals surface area contributed by atoms with E-state index in [0.29, 0.717) is 17.8 Å². The minimum absolute atomic E-state index is 0.0403. The van der Waals surface area contributed by atoms with Gasteiger partial charge in [0.1, 0.15) is 0 Å². The molecule has 0 fully saturated rings. The third-order valence-electron chi connectivity index (χ3n) is 2.52. The number of carbonyl (C=O) groups is 2. The van der Waals surface area contributed by atoms with E-state index in [1.54, 1.807) is 36.5 Å². The Hall–Kier alpha value is -2.63. The first-order valence-corrected chi connectivity index (χ1v) is 5.79. The lowest BCUT2D eigenvalue weighted by atomic mass is 10.1. The summed E-state index contributed by atoms with van der Waals surface area (Å²) in [6.45, 7) is 1.84. The largest absolute Gasteiger partial charge is 0.332 e. The number of benzene rings is 1. The maximum atomic E-state index is 11.6. The number of rotatable bonds is 4. The van der Waals surface area contributed by atoms with Crippen molar-refractivity contribution in [2.24, 2.45) is 0 Å². The average molecular weight is 258 g/mol. The topological polar surface area (TPSA) is 86.9 Å². The summed E-state index contributed by atoms with van der Waals surface area (Å²) in [5.74, 6) is -0.0403. The van der Waals surface area contributed by atoms with Gasteiger partial charge in [0.2, 0.25) is 0 Å². The van der Waals surface area contributed by atoms with Crippen molar-refractivity contribution >= 4 is 17.5 Å². The van der Waals surface area contributed by atoms with Gasteiger partial charge >= 0.3 is 6.03 Å². The predicted molar refractivity (Wildman–Crippen MR) is 70.9 cm³/mol. The maximum absolute atomic E-state index is 11.6. The molecular weight excluding hydrogens is 244 g/mol. The van der Waals surface area contributed by atoms with Crippen LogP contribution in [-0.2, 0) is 6.54 Å². The summed E-state index contributed by atoms with van der Waals surface area (Å²) >= 11 is 0. The fourth-order valence-electron chi connectivity index (χ4n) is 1.55. The van der Waals surface area contributed by atoms with Crippen molar-refractivity contribution in [2.45, 2.75) is 13.5 Å². The molecule has 1 aromatic carbocycles. The molecule has 0 aliphatic heterocycles. The van der Waals surface area contributed by atoms with E-state index in [2.05, 4.69) is 20.8 Å². The molecule has 2 aromatic rings. The van der Waals surface area contributed by atoms with Crippen LogP contribution in [0.2, 0.25) is 0 Å². The van der Waals surface area contributed by atoms with Gasteiger partial charge in [0.25, 0.3) is 0 Å². The molecule has 2 amide bonds. The summed E-state index contributed by atoms with van der Waals surface area (Å²) in [6, 6.07) is 8.23. The van der Waals surface area contributed by atoms with Gasteiger partial charge in [-0.3, -0.25) is 9.89 Å². The first-order chi connectivity index (χ1) is 9.15. The van der Waals surface area contributed by atoms with E-state index in [4.69, 9.17) is 0 Å². The van der Waals surface area contributed by atoms with Gasteiger partial charge in [-0.15, -0.1) is 0 Å². The number of nitrogens with one attached hydrogen (secondary N) is 3. The molecule has 0 aliphatic carbocycles. The number of hydrogen-bond acceptors (Lipinski definition) is 3. The number of anilines is 1. The summed E-state index contributed by atoms with van der Waals surface area (Å²) in [5, 5.41) is 11.9. The Morgan fingerprint density at radius 1 is 1.32 bits per heavy atom. The Kier molecular flexibility index (Phi) is 3.92. The van der Waals surface area contributed by atoms with E-state index in [-0.39, 0.29) is 11.8 Å².